The lowest BCUT2D eigenvalue weighted by atomic mass is 10.1. The van der Waals surface area contributed by atoms with Crippen LogP contribution in [0.15, 0.2) is 60.0 Å². The van der Waals surface area contributed by atoms with Gasteiger partial charge in [-0.1, -0.05) is 24.3 Å². The fourth-order valence-electron chi connectivity index (χ4n) is 2.88. The highest BCUT2D eigenvalue weighted by Gasteiger charge is 2.19. The zero-order chi connectivity index (χ0) is 22.4. The third kappa shape index (κ3) is 5.35. The van der Waals surface area contributed by atoms with E-state index in [0.29, 0.717) is 16.1 Å². The number of hydrogen-bond donors (Lipinski definition) is 1. The summed E-state index contributed by atoms with van der Waals surface area (Å²) in [5, 5.41) is 5.05. The normalized spacial score (nSPS) is 11.5. The Hall–Kier alpha value is -3.52. The summed E-state index contributed by atoms with van der Waals surface area (Å²) in [6, 6.07) is 15.4. The number of ether oxygens (including phenoxy) is 1. The number of nitrogens with one attached hydrogen (secondary N) is 1. The smallest absolute Gasteiger partial charge is 0.357 e. The first-order valence-electron chi connectivity index (χ1n) is 9.77. The van der Waals surface area contributed by atoms with Crippen molar-refractivity contribution in [3.05, 3.63) is 81.8 Å². The molecule has 0 aliphatic heterocycles. The molecule has 1 unspecified atom stereocenters. The third-order valence-corrected chi connectivity index (χ3v) is 5.57. The molecule has 3 aromatic rings. The number of anilines is 1. The van der Waals surface area contributed by atoms with Gasteiger partial charge in [-0.15, -0.1) is 11.3 Å². The molecule has 0 aliphatic rings. The summed E-state index contributed by atoms with van der Waals surface area (Å²) in [5.41, 5.74) is 1.75. The van der Waals surface area contributed by atoms with E-state index < -0.39 is 12.0 Å². The number of rotatable bonds is 7. The molecular formula is C23H23N3O4S. The van der Waals surface area contributed by atoms with Gasteiger partial charge in [0, 0.05) is 29.2 Å². The van der Waals surface area contributed by atoms with Gasteiger partial charge in [0.25, 0.3) is 11.8 Å². The average molecular weight is 438 g/mol. The van der Waals surface area contributed by atoms with Gasteiger partial charge >= 0.3 is 5.97 Å². The third-order valence-electron chi connectivity index (χ3n) is 4.54. The topological polar surface area (TPSA) is 88.6 Å². The molecule has 7 nitrogen and oxygen atoms in total. The first-order valence-corrected chi connectivity index (χ1v) is 10.6. The van der Waals surface area contributed by atoms with Crippen LogP contribution in [0.1, 0.15) is 56.1 Å². The van der Waals surface area contributed by atoms with E-state index in [2.05, 4.69) is 10.3 Å². The van der Waals surface area contributed by atoms with Gasteiger partial charge in [0.1, 0.15) is 5.01 Å². The van der Waals surface area contributed by atoms with Gasteiger partial charge in [-0.3, -0.25) is 9.59 Å². The molecule has 0 bridgehead atoms. The standard InChI is InChI=1S/C23H23N3O4S/c1-4-30-23(29)19-14-31-21(25-19)15(2)24-20(27)16-9-8-10-17(13-16)22(28)26(3)18-11-6-5-7-12-18/h5-15H,4H2,1-3H3,(H,24,27). The quantitative estimate of drug-likeness (QED) is 0.563. The van der Waals surface area contributed by atoms with Crippen molar-refractivity contribution in [2.75, 3.05) is 18.6 Å². The summed E-state index contributed by atoms with van der Waals surface area (Å²) < 4.78 is 4.94. The largest absolute Gasteiger partial charge is 0.461 e. The molecule has 0 aliphatic carbocycles. The molecule has 0 saturated heterocycles. The molecule has 1 atom stereocenters. The Labute approximate surface area is 184 Å². The Morgan fingerprint density at radius 3 is 2.52 bits per heavy atom. The highest BCUT2D eigenvalue weighted by atomic mass is 32.1. The van der Waals surface area contributed by atoms with Crippen LogP contribution in [0.4, 0.5) is 5.69 Å². The van der Waals surface area contributed by atoms with Crippen LogP contribution in [0.5, 0.6) is 0 Å². The van der Waals surface area contributed by atoms with Crippen molar-refractivity contribution in [2.45, 2.75) is 19.9 Å². The number of thiazole rings is 1. The van der Waals surface area contributed by atoms with Gasteiger partial charge in [0.05, 0.1) is 12.6 Å². The molecule has 160 valence electrons. The van der Waals surface area contributed by atoms with Gasteiger partial charge < -0.3 is 15.0 Å². The minimum Gasteiger partial charge on any atom is -0.461 e. The van der Waals surface area contributed by atoms with Crippen LogP contribution in [-0.4, -0.2) is 36.4 Å². The van der Waals surface area contributed by atoms with Crippen molar-refractivity contribution in [3.8, 4) is 0 Å². The van der Waals surface area contributed by atoms with E-state index in [9.17, 15) is 14.4 Å². The van der Waals surface area contributed by atoms with E-state index in [1.54, 1.807) is 50.5 Å². The molecular weight excluding hydrogens is 414 g/mol. The Balaban J connectivity index is 1.70. The van der Waals surface area contributed by atoms with E-state index in [-0.39, 0.29) is 24.1 Å². The predicted octanol–water partition coefficient (Wildman–Crippen LogP) is 4.09. The number of aromatic nitrogens is 1. The lowest BCUT2D eigenvalue weighted by Gasteiger charge is -2.18. The summed E-state index contributed by atoms with van der Waals surface area (Å²) in [7, 11) is 1.69. The number of amides is 2. The molecule has 1 aromatic heterocycles. The van der Waals surface area contributed by atoms with Gasteiger partial charge in [-0.2, -0.15) is 0 Å². The molecule has 1 N–H and O–H groups in total. The summed E-state index contributed by atoms with van der Waals surface area (Å²) >= 11 is 1.27. The molecule has 0 fully saturated rings. The lowest BCUT2D eigenvalue weighted by molar-refractivity contribution is 0.0520. The molecule has 0 radical (unpaired) electrons. The van der Waals surface area contributed by atoms with Gasteiger partial charge in [-0.05, 0) is 44.2 Å². The molecule has 2 aromatic carbocycles. The number of carbonyl (C=O) groups is 3. The highest BCUT2D eigenvalue weighted by molar-refractivity contribution is 7.09. The number of carbonyl (C=O) groups excluding carboxylic acids is 3. The van der Waals surface area contributed by atoms with E-state index in [0.717, 1.165) is 5.69 Å². The summed E-state index contributed by atoms with van der Waals surface area (Å²) in [5.74, 6) is -1.04. The summed E-state index contributed by atoms with van der Waals surface area (Å²) in [6.07, 6.45) is 0. The second-order valence-corrected chi connectivity index (χ2v) is 7.66. The van der Waals surface area contributed by atoms with Crippen molar-refractivity contribution < 1.29 is 19.1 Å². The maximum absolute atomic E-state index is 12.8. The molecule has 0 spiro atoms. The fourth-order valence-corrected chi connectivity index (χ4v) is 3.68. The number of esters is 1. The Morgan fingerprint density at radius 1 is 1.10 bits per heavy atom. The van der Waals surface area contributed by atoms with Crippen LogP contribution in [0, 0.1) is 0 Å². The Kier molecular flexibility index (Phi) is 7.15. The van der Waals surface area contributed by atoms with E-state index in [1.165, 1.54) is 16.2 Å². The molecule has 0 saturated carbocycles. The second kappa shape index (κ2) is 9.99. The van der Waals surface area contributed by atoms with Crippen LogP contribution in [0.2, 0.25) is 0 Å². The van der Waals surface area contributed by atoms with Crippen LogP contribution in [0.3, 0.4) is 0 Å². The first kappa shape index (κ1) is 22.2. The number of nitrogens with zero attached hydrogens (tertiary/aromatic N) is 2. The maximum atomic E-state index is 12.8. The zero-order valence-electron chi connectivity index (χ0n) is 17.5. The van der Waals surface area contributed by atoms with Crippen molar-refractivity contribution in [2.24, 2.45) is 0 Å². The second-order valence-electron chi connectivity index (χ2n) is 6.77. The molecule has 3 rings (SSSR count). The van der Waals surface area contributed by atoms with Crippen molar-refractivity contribution >= 4 is 34.8 Å². The van der Waals surface area contributed by atoms with Crippen molar-refractivity contribution in [1.82, 2.24) is 10.3 Å². The van der Waals surface area contributed by atoms with Crippen molar-refractivity contribution in [3.63, 3.8) is 0 Å². The van der Waals surface area contributed by atoms with E-state index in [1.807, 2.05) is 30.3 Å². The zero-order valence-corrected chi connectivity index (χ0v) is 18.3. The summed E-state index contributed by atoms with van der Waals surface area (Å²) in [6.45, 7) is 3.78. The Bertz CT molecular complexity index is 1080. The van der Waals surface area contributed by atoms with Gasteiger partial charge in [0.15, 0.2) is 5.69 Å². The monoisotopic (exact) mass is 437 g/mol. The fraction of sp³-hybridized carbons (Fsp3) is 0.217. The maximum Gasteiger partial charge on any atom is 0.357 e. The average Bonchev–Trinajstić information content (AvgIpc) is 3.29. The van der Waals surface area contributed by atoms with Gasteiger partial charge in [0.2, 0.25) is 0 Å². The lowest BCUT2D eigenvalue weighted by Crippen LogP contribution is -2.28. The highest BCUT2D eigenvalue weighted by Crippen LogP contribution is 2.20. The van der Waals surface area contributed by atoms with Crippen LogP contribution >= 0.6 is 11.3 Å². The Morgan fingerprint density at radius 2 is 1.81 bits per heavy atom. The SMILES string of the molecule is CCOC(=O)c1csc(C(C)NC(=O)c2cccc(C(=O)N(C)c3ccccc3)c2)n1. The molecule has 2 amide bonds. The number of benzene rings is 2. The number of para-hydroxylation sites is 1. The molecule has 31 heavy (non-hydrogen) atoms. The molecule has 8 heteroatoms. The van der Waals surface area contributed by atoms with Crippen molar-refractivity contribution in [1.29, 1.82) is 0 Å². The minimum atomic E-state index is -0.489. The molecule has 1 heterocycles. The first-order chi connectivity index (χ1) is 14.9. The van der Waals surface area contributed by atoms with Crippen LogP contribution in [0.25, 0.3) is 0 Å². The van der Waals surface area contributed by atoms with Crippen LogP contribution < -0.4 is 10.2 Å². The van der Waals surface area contributed by atoms with E-state index >= 15 is 0 Å². The van der Waals surface area contributed by atoms with Crippen LogP contribution in [-0.2, 0) is 4.74 Å². The minimum absolute atomic E-state index is 0.215. The van der Waals surface area contributed by atoms with E-state index in [4.69, 9.17) is 4.74 Å². The predicted molar refractivity (Wildman–Crippen MR) is 120 cm³/mol. The van der Waals surface area contributed by atoms with Gasteiger partial charge in [-0.25, -0.2) is 9.78 Å². The summed E-state index contributed by atoms with van der Waals surface area (Å²) in [4.78, 5) is 43.1. The number of hydrogen-bond acceptors (Lipinski definition) is 6.